The molecule has 1 unspecified atom stereocenters. The topological polar surface area (TPSA) is 34.1 Å². The molecule has 4 heteroatoms. The average molecular weight is 226 g/mol. The second-order valence-electron chi connectivity index (χ2n) is 4.84. The van der Waals surface area contributed by atoms with Crippen LogP contribution in [0.25, 0.3) is 0 Å². The highest BCUT2D eigenvalue weighted by molar-refractivity contribution is 5.61. The zero-order chi connectivity index (χ0) is 11.4. The van der Waals surface area contributed by atoms with Crippen molar-refractivity contribution >= 4 is 6.21 Å². The molecule has 92 valence electrons. The Kier molecular flexibility index (Phi) is 3.82. The number of rotatable bonds is 5. The molecule has 2 aliphatic heterocycles. The van der Waals surface area contributed by atoms with Crippen molar-refractivity contribution in [1.29, 1.82) is 0 Å². The van der Waals surface area contributed by atoms with Gasteiger partial charge in [-0.25, -0.2) is 0 Å². The quantitative estimate of drug-likeness (QED) is 0.526. The molecule has 0 saturated carbocycles. The van der Waals surface area contributed by atoms with E-state index >= 15 is 0 Å². The van der Waals surface area contributed by atoms with Crippen LogP contribution >= 0.6 is 0 Å². The van der Waals surface area contributed by atoms with Gasteiger partial charge in [0.25, 0.3) is 0 Å². The third-order valence-electron chi connectivity index (χ3n) is 3.73. The van der Waals surface area contributed by atoms with E-state index in [1.165, 1.54) is 19.4 Å². The second-order valence-corrected chi connectivity index (χ2v) is 4.84. The van der Waals surface area contributed by atoms with Gasteiger partial charge in [-0.2, -0.15) is 0 Å². The highest BCUT2D eigenvalue weighted by Crippen LogP contribution is 2.41. The largest absolute Gasteiger partial charge is 0.396 e. The number of hydrogen-bond donors (Lipinski definition) is 0. The van der Waals surface area contributed by atoms with Gasteiger partial charge in [-0.1, -0.05) is 5.16 Å². The molecule has 16 heavy (non-hydrogen) atoms. The van der Waals surface area contributed by atoms with Crippen molar-refractivity contribution in [3.8, 4) is 0 Å². The monoisotopic (exact) mass is 226 g/mol. The lowest BCUT2D eigenvalue weighted by molar-refractivity contribution is 0.0654. The molecule has 2 rings (SSSR count). The van der Waals surface area contributed by atoms with Crippen molar-refractivity contribution in [3.63, 3.8) is 0 Å². The van der Waals surface area contributed by atoms with Crippen molar-refractivity contribution < 1.29 is 9.57 Å². The fraction of sp³-hybridized carbons (Fsp3) is 0.917. The first-order valence-electron chi connectivity index (χ1n) is 6.20. The summed E-state index contributed by atoms with van der Waals surface area (Å²) in [7, 11) is 1.80. The van der Waals surface area contributed by atoms with Crippen LogP contribution in [0.1, 0.15) is 26.2 Å². The molecule has 0 amide bonds. The fourth-order valence-corrected chi connectivity index (χ4v) is 3.14. The molecule has 4 nitrogen and oxygen atoms in total. The highest BCUT2D eigenvalue weighted by atomic mass is 16.6. The van der Waals surface area contributed by atoms with Crippen LogP contribution < -0.4 is 0 Å². The predicted molar refractivity (Wildman–Crippen MR) is 63.6 cm³/mol. The molecule has 2 aliphatic rings. The normalized spacial score (nSPS) is 34.8. The zero-order valence-corrected chi connectivity index (χ0v) is 10.3. The summed E-state index contributed by atoms with van der Waals surface area (Å²) in [6, 6.07) is 0. The summed E-state index contributed by atoms with van der Waals surface area (Å²) >= 11 is 0. The maximum absolute atomic E-state index is 5.39. The second kappa shape index (κ2) is 5.15. The van der Waals surface area contributed by atoms with Crippen LogP contribution in [0.2, 0.25) is 0 Å². The van der Waals surface area contributed by atoms with Crippen molar-refractivity contribution in [1.82, 2.24) is 4.90 Å². The van der Waals surface area contributed by atoms with Gasteiger partial charge in [0.05, 0.1) is 6.61 Å². The van der Waals surface area contributed by atoms with Crippen molar-refractivity contribution in [2.75, 3.05) is 33.4 Å². The van der Waals surface area contributed by atoms with E-state index < -0.39 is 0 Å². The highest BCUT2D eigenvalue weighted by Gasteiger charge is 2.47. The van der Waals surface area contributed by atoms with Crippen molar-refractivity contribution in [2.24, 2.45) is 11.1 Å². The smallest absolute Gasteiger partial charge is 0.114 e. The molecule has 2 atom stereocenters. The molecule has 0 aliphatic carbocycles. The van der Waals surface area contributed by atoms with Gasteiger partial charge in [0.1, 0.15) is 6.61 Å². The van der Waals surface area contributed by atoms with Crippen LogP contribution in [-0.4, -0.2) is 50.1 Å². The number of oxime groups is 1. The molecular weight excluding hydrogens is 204 g/mol. The number of methoxy groups -OCH3 is 1. The van der Waals surface area contributed by atoms with E-state index in [9.17, 15) is 0 Å². The molecule has 0 aromatic carbocycles. The Morgan fingerprint density at radius 1 is 1.56 bits per heavy atom. The van der Waals surface area contributed by atoms with Crippen LogP contribution in [0.15, 0.2) is 5.16 Å². The molecule has 0 spiro atoms. The maximum atomic E-state index is 5.39. The molecule has 0 aromatic rings. The zero-order valence-electron chi connectivity index (χ0n) is 10.3. The predicted octanol–water partition coefficient (Wildman–Crippen LogP) is 1.51. The molecule has 0 N–H and O–H groups in total. The van der Waals surface area contributed by atoms with E-state index in [1.807, 2.05) is 13.1 Å². The van der Waals surface area contributed by atoms with Gasteiger partial charge in [-0.15, -0.1) is 0 Å². The van der Waals surface area contributed by atoms with Gasteiger partial charge in [0.2, 0.25) is 0 Å². The molecule has 2 heterocycles. The summed E-state index contributed by atoms with van der Waals surface area (Å²) in [5.74, 6) is 0.530. The summed E-state index contributed by atoms with van der Waals surface area (Å²) in [4.78, 5) is 7.60. The van der Waals surface area contributed by atoms with E-state index in [0.717, 1.165) is 19.6 Å². The number of hydrogen-bond acceptors (Lipinski definition) is 4. The van der Waals surface area contributed by atoms with Crippen LogP contribution in [0.4, 0.5) is 0 Å². The fourth-order valence-electron chi connectivity index (χ4n) is 3.14. The first-order chi connectivity index (χ1) is 7.80. The van der Waals surface area contributed by atoms with Crippen LogP contribution in [-0.2, 0) is 9.57 Å². The van der Waals surface area contributed by atoms with E-state index in [2.05, 4.69) is 10.1 Å². The standard InChI is InChI=1S/C12H22N2O2/c1-3-16-13-8-11-7-12(10-15-2)5-4-6-14(12)9-11/h8,11H,3-7,9-10H2,1-2H3/b13-8+/t11?,12-/m0/s1. The van der Waals surface area contributed by atoms with E-state index in [1.54, 1.807) is 7.11 Å². The third-order valence-corrected chi connectivity index (χ3v) is 3.73. The van der Waals surface area contributed by atoms with E-state index in [4.69, 9.17) is 9.57 Å². The van der Waals surface area contributed by atoms with Gasteiger partial charge in [0, 0.05) is 31.3 Å². The number of nitrogens with zero attached hydrogens (tertiary/aromatic N) is 2. The van der Waals surface area contributed by atoms with Crippen LogP contribution in [0, 0.1) is 5.92 Å². The lowest BCUT2D eigenvalue weighted by atomic mass is 9.91. The molecule has 2 fully saturated rings. The minimum atomic E-state index is 0.289. The van der Waals surface area contributed by atoms with Crippen molar-refractivity contribution in [2.45, 2.75) is 31.7 Å². The molecule has 0 radical (unpaired) electrons. The summed E-state index contributed by atoms with van der Waals surface area (Å²) in [5, 5.41) is 4.00. The summed E-state index contributed by atoms with van der Waals surface area (Å²) < 4.78 is 5.39. The Balaban J connectivity index is 1.94. The summed E-state index contributed by atoms with van der Waals surface area (Å²) in [6.07, 6.45) is 5.70. The molecule has 0 bridgehead atoms. The van der Waals surface area contributed by atoms with E-state index in [-0.39, 0.29) is 5.54 Å². The number of ether oxygens (including phenoxy) is 1. The third kappa shape index (κ3) is 2.23. The van der Waals surface area contributed by atoms with Crippen LogP contribution in [0.3, 0.4) is 0 Å². The number of fused-ring (bicyclic) bond motifs is 1. The Bertz CT molecular complexity index is 257. The first-order valence-corrected chi connectivity index (χ1v) is 6.20. The van der Waals surface area contributed by atoms with Gasteiger partial charge < -0.3 is 9.57 Å². The minimum Gasteiger partial charge on any atom is -0.396 e. The first kappa shape index (κ1) is 11.9. The van der Waals surface area contributed by atoms with Gasteiger partial charge in [-0.05, 0) is 32.7 Å². The Hall–Kier alpha value is -0.610. The summed E-state index contributed by atoms with van der Waals surface area (Å²) in [5.41, 5.74) is 0.289. The average Bonchev–Trinajstić information content (AvgIpc) is 2.75. The Morgan fingerprint density at radius 2 is 2.44 bits per heavy atom. The lowest BCUT2D eigenvalue weighted by Gasteiger charge is -2.30. The Morgan fingerprint density at radius 3 is 3.19 bits per heavy atom. The van der Waals surface area contributed by atoms with Gasteiger partial charge >= 0.3 is 0 Å². The molecule has 0 aromatic heterocycles. The Labute approximate surface area is 97.6 Å². The van der Waals surface area contributed by atoms with E-state index in [0.29, 0.717) is 12.5 Å². The molecule has 2 saturated heterocycles. The van der Waals surface area contributed by atoms with Gasteiger partial charge in [-0.3, -0.25) is 4.90 Å². The SMILES string of the molecule is CCO/N=C/C1CN2CCC[C@@]2(COC)C1. The van der Waals surface area contributed by atoms with Gasteiger partial charge in [0.15, 0.2) is 0 Å². The lowest BCUT2D eigenvalue weighted by Crippen LogP contribution is -2.42. The van der Waals surface area contributed by atoms with Crippen molar-refractivity contribution in [3.05, 3.63) is 0 Å². The maximum Gasteiger partial charge on any atom is 0.114 e. The minimum absolute atomic E-state index is 0.289. The molecular formula is C12H22N2O2. The van der Waals surface area contributed by atoms with Crippen LogP contribution in [0.5, 0.6) is 0 Å². The summed E-state index contributed by atoms with van der Waals surface area (Å²) in [6.45, 7) is 5.78.